The largest absolute Gasteiger partial charge is 0.452 e. The van der Waals surface area contributed by atoms with Crippen LogP contribution in [0.5, 0.6) is 0 Å². The Balaban J connectivity index is 1.86. The molecule has 1 amide bonds. The summed E-state index contributed by atoms with van der Waals surface area (Å²) in [4.78, 5) is 27.3. The van der Waals surface area contributed by atoms with Gasteiger partial charge in [0.1, 0.15) is 11.6 Å². The number of rotatable bonds is 4. The highest BCUT2D eigenvalue weighted by atomic mass is 19.1. The number of halogens is 1. The van der Waals surface area contributed by atoms with E-state index >= 15 is 0 Å². The minimum absolute atomic E-state index is 0.179. The molecule has 0 aliphatic carbocycles. The number of nitrogens with zero attached hydrogens (tertiary/aromatic N) is 1. The average Bonchev–Trinajstić information content (AvgIpc) is 2.45. The van der Waals surface area contributed by atoms with Gasteiger partial charge in [-0.05, 0) is 43.3 Å². The van der Waals surface area contributed by atoms with Crippen molar-refractivity contribution in [3.8, 4) is 0 Å². The molecule has 21 heavy (non-hydrogen) atoms. The van der Waals surface area contributed by atoms with E-state index in [1.807, 2.05) is 0 Å². The molecule has 0 unspecified atom stereocenters. The summed E-state index contributed by atoms with van der Waals surface area (Å²) >= 11 is 0. The number of hydrogen-bond acceptors (Lipinski definition) is 4. The number of benzene rings is 1. The molecule has 1 heterocycles. The molecule has 0 aliphatic rings. The summed E-state index contributed by atoms with van der Waals surface area (Å²) in [5.41, 5.74) is 0.939. The zero-order valence-corrected chi connectivity index (χ0v) is 11.3. The molecule has 0 spiro atoms. The van der Waals surface area contributed by atoms with Gasteiger partial charge in [-0.3, -0.25) is 4.79 Å². The van der Waals surface area contributed by atoms with Crippen molar-refractivity contribution in [2.24, 2.45) is 0 Å². The van der Waals surface area contributed by atoms with Crippen LogP contribution in [-0.4, -0.2) is 23.5 Å². The summed E-state index contributed by atoms with van der Waals surface area (Å²) in [6.45, 7) is 1.36. The molecule has 1 N–H and O–H groups in total. The van der Waals surface area contributed by atoms with Crippen LogP contribution in [0.3, 0.4) is 0 Å². The number of esters is 1. The van der Waals surface area contributed by atoms with Crippen molar-refractivity contribution in [3.05, 3.63) is 59.5 Å². The maximum Gasteiger partial charge on any atom is 0.338 e. The van der Waals surface area contributed by atoms with Crippen molar-refractivity contribution in [3.63, 3.8) is 0 Å². The molecule has 0 aliphatic heterocycles. The Labute approximate surface area is 120 Å². The molecular formula is C15H13FN2O3. The number of amides is 1. The smallest absolute Gasteiger partial charge is 0.338 e. The zero-order chi connectivity index (χ0) is 15.2. The van der Waals surface area contributed by atoms with Gasteiger partial charge in [0, 0.05) is 5.69 Å². The minimum Gasteiger partial charge on any atom is -0.452 e. The first-order valence-corrected chi connectivity index (χ1v) is 6.21. The topological polar surface area (TPSA) is 68.3 Å². The molecule has 0 fully saturated rings. The van der Waals surface area contributed by atoms with Crippen LogP contribution in [0.15, 0.2) is 42.5 Å². The van der Waals surface area contributed by atoms with Crippen molar-refractivity contribution in [2.75, 3.05) is 11.9 Å². The Morgan fingerprint density at radius 2 is 1.90 bits per heavy atom. The van der Waals surface area contributed by atoms with Gasteiger partial charge < -0.3 is 10.1 Å². The van der Waals surface area contributed by atoms with Gasteiger partial charge in [-0.15, -0.1) is 0 Å². The van der Waals surface area contributed by atoms with Gasteiger partial charge in [0.25, 0.3) is 5.91 Å². The van der Waals surface area contributed by atoms with Crippen molar-refractivity contribution in [1.29, 1.82) is 0 Å². The Bertz CT molecular complexity index is 656. The van der Waals surface area contributed by atoms with Crippen molar-refractivity contribution >= 4 is 17.7 Å². The Hall–Kier alpha value is -2.76. The van der Waals surface area contributed by atoms with E-state index in [4.69, 9.17) is 4.74 Å². The molecule has 6 heteroatoms. The number of carbonyl (C=O) groups excluding carboxylic acids is 2. The normalized spacial score (nSPS) is 10.0. The predicted molar refractivity (Wildman–Crippen MR) is 74.3 cm³/mol. The Morgan fingerprint density at radius 3 is 2.57 bits per heavy atom. The molecule has 108 valence electrons. The van der Waals surface area contributed by atoms with Gasteiger partial charge in [-0.1, -0.05) is 6.07 Å². The lowest BCUT2D eigenvalue weighted by Gasteiger charge is -2.06. The van der Waals surface area contributed by atoms with Crippen LogP contribution in [0, 0.1) is 12.7 Å². The number of nitrogens with one attached hydrogen (secondary N) is 1. The number of aryl methyl sites for hydroxylation is 1. The van der Waals surface area contributed by atoms with Crippen LogP contribution in [-0.2, 0) is 9.53 Å². The minimum atomic E-state index is -0.692. The molecule has 0 atom stereocenters. The number of pyridine rings is 1. The van der Waals surface area contributed by atoms with Crippen LogP contribution in [0.1, 0.15) is 16.1 Å². The molecule has 1 aromatic carbocycles. The third kappa shape index (κ3) is 4.38. The van der Waals surface area contributed by atoms with Crippen LogP contribution >= 0.6 is 0 Å². The second-order valence-corrected chi connectivity index (χ2v) is 4.30. The Morgan fingerprint density at radius 1 is 1.19 bits per heavy atom. The maximum absolute atomic E-state index is 12.7. The fraction of sp³-hybridized carbons (Fsp3) is 0.133. The second kappa shape index (κ2) is 6.60. The number of aromatic nitrogens is 1. The SMILES string of the molecule is Cc1cccc(NC(=O)COC(=O)c2ccc(F)cc2)n1. The van der Waals surface area contributed by atoms with E-state index in [1.165, 1.54) is 12.1 Å². The van der Waals surface area contributed by atoms with E-state index in [0.717, 1.165) is 17.8 Å². The molecule has 2 rings (SSSR count). The fourth-order valence-corrected chi connectivity index (χ4v) is 1.59. The van der Waals surface area contributed by atoms with Gasteiger partial charge in [0.2, 0.25) is 0 Å². The number of anilines is 1. The molecule has 0 radical (unpaired) electrons. The highest BCUT2D eigenvalue weighted by Crippen LogP contribution is 2.06. The molecule has 2 aromatic rings. The highest BCUT2D eigenvalue weighted by Gasteiger charge is 2.10. The van der Waals surface area contributed by atoms with Crippen LogP contribution in [0.2, 0.25) is 0 Å². The van der Waals surface area contributed by atoms with Crippen LogP contribution < -0.4 is 5.32 Å². The summed E-state index contributed by atoms with van der Waals surface area (Å²) in [5, 5.41) is 2.51. The number of hydrogen-bond donors (Lipinski definition) is 1. The van der Waals surface area contributed by atoms with Crippen LogP contribution in [0.4, 0.5) is 10.2 Å². The van der Waals surface area contributed by atoms with E-state index in [1.54, 1.807) is 25.1 Å². The molecule has 0 saturated carbocycles. The first-order valence-electron chi connectivity index (χ1n) is 6.21. The first kappa shape index (κ1) is 14.6. The molecule has 0 bridgehead atoms. The fourth-order valence-electron chi connectivity index (χ4n) is 1.59. The summed E-state index contributed by atoms with van der Waals surface area (Å²) in [6, 6.07) is 10.1. The van der Waals surface area contributed by atoms with Gasteiger partial charge in [-0.2, -0.15) is 0 Å². The van der Waals surface area contributed by atoms with Gasteiger partial charge in [0.05, 0.1) is 5.56 Å². The maximum atomic E-state index is 12.7. The number of carbonyl (C=O) groups is 2. The van der Waals surface area contributed by atoms with E-state index in [9.17, 15) is 14.0 Å². The molecule has 5 nitrogen and oxygen atoms in total. The van der Waals surface area contributed by atoms with Gasteiger partial charge in [-0.25, -0.2) is 14.2 Å². The molecule has 0 saturated heterocycles. The summed E-state index contributed by atoms with van der Waals surface area (Å²) in [5.74, 6) is -1.25. The summed E-state index contributed by atoms with van der Waals surface area (Å²) in [7, 11) is 0. The predicted octanol–water partition coefficient (Wildman–Crippen LogP) is 2.32. The van der Waals surface area contributed by atoms with Gasteiger partial charge in [0.15, 0.2) is 6.61 Å². The van der Waals surface area contributed by atoms with Crippen LogP contribution in [0.25, 0.3) is 0 Å². The van der Waals surface area contributed by atoms with E-state index < -0.39 is 24.3 Å². The number of ether oxygens (including phenoxy) is 1. The first-order chi connectivity index (χ1) is 10.0. The standard InChI is InChI=1S/C15H13FN2O3/c1-10-3-2-4-13(17-10)18-14(19)9-21-15(20)11-5-7-12(16)8-6-11/h2-8H,9H2,1H3,(H,17,18,19). The lowest BCUT2D eigenvalue weighted by atomic mass is 10.2. The van der Waals surface area contributed by atoms with E-state index in [0.29, 0.717) is 5.82 Å². The monoisotopic (exact) mass is 288 g/mol. The van der Waals surface area contributed by atoms with E-state index in [2.05, 4.69) is 10.3 Å². The summed E-state index contributed by atoms with van der Waals surface area (Å²) < 4.78 is 17.5. The second-order valence-electron chi connectivity index (χ2n) is 4.30. The third-order valence-electron chi connectivity index (χ3n) is 2.57. The third-order valence-corrected chi connectivity index (χ3v) is 2.57. The van der Waals surface area contributed by atoms with Crippen molar-refractivity contribution < 1.29 is 18.7 Å². The summed E-state index contributed by atoms with van der Waals surface area (Å²) in [6.07, 6.45) is 0. The molecule has 1 aromatic heterocycles. The highest BCUT2D eigenvalue weighted by molar-refractivity contribution is 5.94. The van der Waals surface area contributed by atoms with E-state index in [-0.39, 0.29) is 5.56 Å². The molecular weight excluding hydrogens is 275 g/mol. The zero-order valence-electron chi connectivity index (χ0n) is 11.3. The lowest BCUT2D eigenvalue weighted by Crippen LogP contribution is -2.21. The average molecular weight is 288 g/mol. The Kier molecular flexibility index (Phi) is 4.61. The van der Waals surface area contributed by atoms with Gasteiger partial charge >= 0.3 is 5.97 Å². The van der Waals surface area contributed by atoms with Crippen molar-refractivity contribution in [2.45, 2.75) is 6.92 Å². The lowest BCUT2D eigenvalue weighted by molar-refractivity contribution is -0.119. The van der Waals surface area contributed by atoms with Crippen molar-refractivity contribution in [1.82, 2.24) is 4.98 Å². The quantitative estimate of drug-likeness (QED) is 0.877.